The van der Waals surface area contributed by atoms with Crippen molar-refractivity contribution in [3.05, 3.63) is 48.2 Å². The molecule has 8 nitrogen and oxygen atoms in total. The third kappa shape index (κ3) is 4.73. The molecule has 0 saturated carbocycles. The molecular formula is C20H25N5O3S. The van der Waals surface area contributed by atoms with Crippen LogP contribution in [-0.4, -0.2) is 45.3 Å². The number of sulfonamides is 1. The molecule has 9 heteroatoms. The van der Waals surface area contributed by atoms with Gasteiger partial charge in [-0.1, -0.05) is 31.9 Å². The van der Waals surface area contributed by atoms with E-state index in [0.29, 0.717) is 17.7 Å². The molecule has 1 atom stereocenters. The van der Waals surface area contributed by atoms with Crippen LogP contribution in [0, 0.1) is 0 Å². The van der Waals surface area contributed by atoms with Gasteiger partial charge in [-0.05, 0) is 30.7 Å². The molecule has 0 fully saturated rings. The first-order chi connectivity index (χ1) is 13.8. The maximum Gasteiger partial charge on any atom is 0.263 e. The normalized spacial score (nSPS) is 16.7. The largest absolute Gasteiger partial charge is 0.363 e. The fourth-order valence-electron chi connectivity index (χ4n) is 2.99. The van der Waals surface area contributed by atoms with E-state index in [-0.39, 0.29) is 16.6 Å². The van der Waals surface area contributed by atoms with E-state index in [1.54, 1.807) is 30.5 Å². The molecule has 2 N–H and O–H groups in total. The van der Waals surface area contributed by atoms with Crippen LogP contribution in [0.15, 0.2) is 52.5 Å². The molecule has 29 heavy (non-hydrogen) atoms. The lowest BCUT2D eigenvalue weighted by molar-refractivity contribution is -0.117. The van der Waals surface area contributed by atoms with Gasteiger partial charge < -0.3 is 10.2 Å². The zero-order chi connectivity index (χ0) is 21.0. The van der Waals surface area contributed by atoms with E-state index in [2.05, 4.69) is 20.0 Å². The Morgan fingerprint density at radius 3 is 2.66 bits per heavy atom. The average Bonchev–Trinajstić information content (AvgIpc) is 2.96. The Labute approximate surface area is 171 Å². The summed E-state index contributed by atoms with van der Waals surface area (Å²) in [5, 5.41) is 2.83. The molecule has 0 aliphatic carbocycles. The summed E-state index contributed by atoms with van der Waals surface area (Å²) in [6.45, 7) is 2.03. The number of fused-ring (bicyclic) bond motifs is 1. The lowest BCUT2D eigenvalue weighted by atomic mass is 10.1. The first-order valence-electron chi connectivity index (χ1n) is 9.46. The van der Waals surface area contributed by atoms with Crippen LogP contribution >= 0.6 is 0 Å². The number of nitrogens with zero attached hydrogens (tertiary/aromatic N) is 3. The smallest absolute Gasteiger partial charge is 0.263 e. The predicted molar refractivity (Wildman–Crippen MR) is 114 cm³/mol. The number of amides is 1. The molecule has 1 aliphatic heterocycles. The van der Waals surface area contributed by atoms with E-state index < -0.39 is 16.1 Å². The van der Waals surface area contributed by atoms with Gasteiger partial charge in [0.25, 0.3) is 10.0 Å². The van der Waals surface area contributed by atoms with Gasteiger partial charge >= 0.3 is 0 Å². The van der Waals surface area contributed by atoms with Gasteiger partial charge in [-0.3, -0.25) is 14.5 Å². The summed E-state index contributed by atoms with van der Waals surface area (Å²) in [5.41, 5.74) is 1.05. The molecule has 0 saturated heterocycles. The maximum absolute atomic E-state index is 12.9. The Morgan fingerprint density at radius 2 is 2.00 bits per heavy atom. The number of rotatable bonds is 7. The number of pyridine rings is 1. The van der Waals surface area contributed by atoms with Crippen LogP contribution in [0.5, 0.6) is 0 Å². The maximum atomic E-state index is 12.9. The molecule has 154 valence electrons. The van der Waals surface area contributed by atoms with Crippen LogP contribution < -0.4 is 14.9 Å². The Balaban J connectivity index is 1.84. The first-order valence-corrected chi connectivity index (χ1v) is 10.9. The molecule has 1 amide bonds. The van der Waals surface area contributed by atoms with Crippen molar-refractivity contribution >= 4 is 33.3 Å². The van der Waals surface area contributed by atoms with Gasteiger partial charge in [0.05, 0.1) is 16.8 Å². The van der Waals surface area contributed by atoms with Crippen LogP contribution in [0.25, 0.3) is 0 Å². The highest BCUT2D eigenvalue weighted by molar-refractivity contribution is 7.90. The van der Waals surface area contributed by atoms with Crippen LogP contribution in [0.3, 0.4) is 0 Å². The molecule has 2 heterocycles. The van der Waals surface area contributed by atoms with Gasteiger partial charge in [0, 0.05) is 19.7 Å². The summed E-state index contributed by atoms with van der Waals surface area (Å²) in [5.74, 6) is 0.689. The first kappa shape index (κ1) is 20.8. The minimum Gasteiger partial charge on any atom is -0.363 e. The molecule has 0 spiro atoms. The van der Waals surface area contributed by atoms with E-state index in [1.165, 1.54) is 6.07 Å². The van der Waals surface area contributed by atoms with Crippen LogP contribution in [0.1, 0.15) is 31.7 Å². The van der Waals surface area contributed by atoms with Gasteiger partial charge in [-0.25, -0.2) is 13.4 Å². The second kappa shape index (κ2) is 8.60. The predicted octanol–water partition coefficient (Wildman–Crippen LogP) is 2.38. The Bertz CT molecular complexity index is 1020. The number of hydrogen-bond donors (Lipinski definition) is 2. The van der Waals surface area contributed by atoms with Gasteiger partial charge in [0.1, 0.15) is 17.7 Å². The fraction of sp³-hybridized carbons (Fsp3) is 0.350. The SMILES string of the molecule is CCCCC(N=C1NS(=O)(=O)c2ccccc21)C(=O)Nc1ccc(N(C)C)nc1. The summed E-state index contributed by atoms with van der Waals surface area (Å²) in [6, 6.07) is 9.49. The van der Waals surface area contributed by atoms with Crippen molar-refractivity contribution in [1.82, 2.24) is 9.71 Å². The fourth-order valence-corrected chi connectivity index (χ4v) is 4.23. The minimum absolute atomic E-state index is 0.178. The quantitative estimate of drug-likeness (QED) is 0.723. The summed E-state index contributed by atoms with van der Waals surface area (Å²) in [6.07, 6.45) is 3.79. The van der Waals surface area contributed by atoms with Crippen molar-refractivity contribution in [2.24, 2.45) is 4.99 Å². The standard InChI is InChI=1S/C20H25N5O3S/c1-4-5-9-16(20(26)22-14-11-12-18(21-13-14)25(2)3)23-19-15-8-6-7-10-17(15)29(27,28)24-19/h6-8,10-13,16H,4-5,9H2,1-3H3,(H,22,26)(H,23,24). The van der Waals surface area contributed by atoms with Gasteiger partial charge in [-0.15, -0.1) is 0 Å². The third-order valence-corrected chi connectivity index (χ3v) is 5.95. The zero-order valence-electron chi connectivity index (χ0n) is 16.7. The van der Waals surface area contributed by atoms with Crippen molar-refractivity contribution in [3.8, 4) is 0 Å². The van der Waals surface area contributed by atoms with Crippen LogP contribution in [0.2, 0.25) is 0 Å². The Hall–Kier alpha value is -2.94. The molecule has 1 aromatic heterocycles. The average molecular weight is 416 g/mol. The molecular weight excluding hydrogens is 390 g/mol. The van der Waals surface area contributed by atoms with E-state index in [4.69, 9.17) is 0 Å². The van der Waals surface area contributed by atoms with Gasteiger partial charge in [-0.2, -0.15) is 0 Å². The van der Waals surface area contributed by atoms with Crippen LogP contribution in [-0.2, 0) is 14.8 Å². The monoisotopic (exact) mass is 415 g/mol. The molecule has 3 rings (SSSR count). The van der Waals surface area contributed by atoms with Crippen molar-refractivity contribution in [2.45, 2.75) is 37.1 Å². The lowest BCUT2D eigenvalue weighted by Crippen LogP contribution is -2.30. The second-order valence-electron chi connectivity index (χ2n) is 7.03. The number of anilines is 2. The summed E-state index contributed by atoms with van der Waals surface area (Å²) < 4.78 is 27.1. The van der Waals surface area contributed by atoms with Crippen LogP contribution in [0.4, 0.5) is 11.5 Å². The van der Waals surface area contributed by atoms with E-state index in [9.17, 15) is 13.2 Å². The summed E-state index contributed by atoms with van der Waals surface area (Å²) in [7, 11) is 0.128. The lowest BCUT2D eigenvalue weighted by Gasteiger charge is -2.15. The minimum atomic E-state index is -3.65. The highest BCUT2D eigenvalue weighted by atomic mass is 32.2. The summed E-state index contributed by atoms with van der Waals surface area (Å²) in [4.78, 5) is 23.7. The molecule has 1 unspecified atom stereocenters. The van der Waals surface area contributed by atoms with Crippen molar-refractivity contribution in [2.75, 3.05) is 24.3 Å². The number of hydrogen-bond acceptors (Lipinski definition) is 6. The van der Waals surface area contributed by atoms with E-state index in [0.717, 1.165) is 18.7 Å². The van der Waals surface area contributed by atoms with E-state index >= 15 is 0 Å². The van der Waals surface area contributed by atoms with Crippen molar-refractivity contribution < 1.29 is 13.2 Å². The molecule has 0 radical (unpaired) electrons. The molecule has 1 aromatic carbocycles. The number of unbranched alkanes of at least 4 members (excludes halogenated alkanes) is 1. The number of carbonyl (C=O) groups is 1. The molecule has 2 aromatic rings. The van der Waals surface area contributed by atoms with Crippen molar-refractivity contribution in [3.63, 3.8) is 0 Å². The number of aliphatic imine (C=N–C) groups is 1. The van der Waals surface area contributed by atoms with E-state index in [1.807, 2.05) is 32.0 Å². The van der Waals surface area contributed by atoms with Gasteiger partial charge in [0.2, 0.25) is 5.91 Å². The zero-order valence-corrected chi connectivity index (χ0v) is 17.5. The number of benzene rings is 1. The van der Waals surface area contributed by atoms with Crippen molar-refractivity contribution in [1.29, 1.82) is 0 Å². The second-order valence-corrected chi connectivity index (χ2v) is 8.68. The third-order valence-electron chi connectivity index (χ3n) is 4.56. The molecule has 1 aliphatic rings. The number of aromatic nitrogens is 1. The number of carbonyl (C=O) groups excluding carboxylic acids is 1. The van der Waals surface area contributed by atoms with Gasteiger partial charge in [0.15, 0.2) is 0 Å². The highest BCUT2D eigenvalue weighted by Crippen LogP contribution is 2.23. The number of nitrogens with one attached hydrogen (secondary N) is 2. The summed E-state index contributed by atoms with van der Waals surface area (Å²) >= 11 is 0. The molecule has 0 bridgehead atoms. The topological polar surface area (TPSA) is 104 Å². The highest BCUT2D eigenvalue weighted by Gasteiger charge is 2.31. The Kier molecular flexibility index (Phi) is 6.17. The number of amidine groups is 1. The Morgan fingerprint density at radius 1 is 1.24 bits per heavy atom.